The fourth-order valence-electron chi connectivity index (χ4n) is 5.26. The molecule has 2 aliphatic rings. The normalized spacial score (nSPS) is 19.2. The number of thioether (sulfide) groups is 1. The Hall–Kier alpha value is -2.11. The van der Waals surface area contributed by atoms with Crippen molar-refractivity contribution in [3.8, 4) is 6.07 Å². The minimum absolute atomic E-state index is 0.0641. The zero-order valence-electron chi connectivity index (χ0n) is 23.0. The number of nitriles is 1. The first kappa shape index (κ1) is 29.4. The minimum atomic E-state index is -0.227. The topological polar surface area (TPSA) is 69.3 Å². The minimum Gasteiger partial charge on any atom is -0.357 e. The maximum Gasteiger partial charge on any atom is 0.270 e. The molecular formula is C29H42N4O2S2. The highest BCUT2D eigenvalue weighted by Crippen LogP contribution is 2.37. The van der Waals surface area contributed by atoms with Crippen LogP contribution in [0.15, 0.2) is 9.70 Å². The standard InChI is InChI=1S/C29H42N4O2S2/c1-5-7-9-10-11-12-17-33-28(35)25(37-29(33)36)18-23-22(4)24(19-30)27(34)32(16-8-6-2)26(23)31-15-13-14-21(3)20-31/h18,21H,5-17,20H2,1-4H3/b25-18-. The third-order valence-electron chi connectivity index (χ3n) is 7.42. The van der Waals surface area contributed by atoms with E-state index < -0.39 is 0 Å². The molecule has 2 aliphatic heterocycles. The molecule has 0 saturated carbocycles. The molecule has 2 saturated heterocycles. The van der Waals surface area contributed by atoms with Crippen molar-refractivity contribution >= 4 is 46.1 Å². The van der Waals surface area contributed by atoms with Crippen molar-refractivity contribution in [2.24, 2.45) is 5.92 Å². The van der Waals surface area contributed by atoms with Gasteiger partial charge in [-0.15, -0.1) is 0 Å². The zero-order chi connectivity index (χ0) is 26.9. The van der Waals surface area contributed by atoms with Crippen LogP contribution in [0.1, 0.15) is 102 Å². The van der Waals surface area contributed by atoms with Crippen molar-refractivity contribution < 1.29 is 4.79 Å². The molecule has 6 nitrogen and oxygen atoms in total. The van der Waals surface area contributed by atoms with Crippen LogP contribution in [0.3, 0.4) is 0 Å². The molecule has 0 radical (unpaired) electrons. The van der Waals surface area contributed by atoms with E-state index in [2.05, 4.69) is 31.7 Å². The largest absolute Gasteiger partial charge is 0.357 e. The van der Waals surface area contributed by atoms with Crippen LogP contribution in [-0.2, 0) is 11.3 Å². The highest BCUT2D eigenvalue weighted by Gasteiger charge is 2.33. The lowest BCUT2D eigenvalue weighted by atomic mass is 9.98. The van der Waals surface area contributed by atoms with E-state index >= 15 is 0 Å². The molecule has 0 N–H and O–H groups in total. The van der Waals surface area contributed by atoms with Gasteiger partial charge in [-0.2, -0.15) is 5.26 Å². The van der Waals surface area contributed by atoms with E-state index in [0.29, 0.717) is 33.8 Å². The average Bonchev–Trinajstić information content (AvgIpc) is 3.14. The Kier molecular flexibility index (Phi) is 11.3. The fourth-order valence-corrected chi connectivity index (χ4v) is 6.55. The van der Waals surface area contributed by atoms with Crippen molar-refractivity contribution in [3.05, 3.63) is 31.9 Å². The van der Waals surface area contributed by atoms with Crippen molar-refractivity contribution in [1.82, 2.24) is 9.47 Å². The van der Waals surface area contributed by atoms with Gasteiger partial charge in [-0.1, -0.05) is 83.3 Å². The first-order valence-electron chi connectivity index (χ1n) is 14.0. The number of amides is 1. The average molecular weight is 543 g/mol. The van der Waals surface area contributed by atoms with Gasteiger partial charge in [0.25, 0.3) is 11.5 Å². The number of hydrogen-bond donors (Lipinski definition) is 0. The molecule has 0 aromatic carbocycles. The summed E-state index contributed by atoms with van der Waals surface area (Å²) >= 11 is 6.93. The number of unbranched alkanes of at least 4 members (excludes halogenated alkanes) is 6. The summed E-state index contributed by atoms with van der Waals surface area (Å²) in [6.45, 7) is 11.3. The quantitative estimate of drug-likeness (QED) is 0.168. The summed E-state index contributed by atoms with van der Waals surface area (Å²) in [4.78, 5) is 31.4. The van der Waals surface area contributed by atoms with Crippen LogP contribution in [-0.4, -0.2) is 39.3 Å². The van der Waals surface area contributed by atoms with E-state index in [0.717, 1.165) is 63.0 Å². The second-order valence-electron chi connectivity index (χ2n) is 10.5. The number of anilines is 1. The Bertz CT molecular complexity index is 1120. The second kappa shape index (κ2) is 14.2. The van der Waals surface area contributed by atoms with Crippen molar-refractivity contribution in [1.29, 1.82) is 5.26 Å². The lowest BCUT2D eigenvalue weighted by molar-refractivity contribution is -0.122. The number of thiocarbonyl (C=S) groups is 1. The molecule has 202 valence electrons. The molecular weight excluding hydrogens is 500 g/mol. The third-order valence-corrected chi connectivity index (χ3v) is 8.80. The van der Waals surface area contributed by atoms with Gasteiger partial charge in [-0.05, 0) is 50.2 Å². The van der Waals surface area contributed by atoms with Gasteiger partial charge in [0.1, 0.15) is 21.8 Å². The molecule has 2 fully saturated rings. The molecule has 8 heteroatoms. The van der Waals surface area contributed by atoms with Crippen LogP contribution in [0.25, 0.3) is 6.08 Å². The lowest BCUT2D eigenvalue weighted by Crippen LogP contribution is -2.40. The number of carbonyl (C=O) groups excluding carboxylic acids is 1. The van der Waals surface area contributed by atoms with E-state index in [-0.39, 0.29) is 17.0 Å². The van der Waals surface area contributed by atoms with Gasteiger partial charge in [-0.3, -0.25) is 19.1 Å². The summed E-state index contributed by atoms with van der Waals surface area (Å²) in [5, 5.41) is 9.89. The third kappa shape index (κ3) is 7.06. The second-order valence-corrected chi connectivity index (χ2v) is 12.1. The Morgan fingerprint density at radius 1 is 1.08 bits per heavy atom. The highest BCUT2D eigenvalue weighted by molar-refractivity contribution is 8.26. The van der Waals surface area contributed by atoms with Crippen molar-refractivity contribution in [2.75, 3.05) is 24.5 Å². The van der Waals surface area contributed by atoms with Gasteiger partial charge in [0.05, 0.1) is 4.91 Å². The highest BCUT2D eigenvalue weighted by atomic mass is 32.2. The zero-order valence-corrected chi connectivity index (χ0v) is 24.6. The van der Waals surface area contributed by atoms with Crippen LogP contribution < -0.4 is 10.5 Å². The SMILES string of the molecule is CCCCCCCCN1C(=O)/C(=C/c2c(C)c(C#N)c(=O)n(CCCC)c2N2CCCC(C)C2)SC1=S. The first-order valence-corrected chi connectivity index (χ1v) is 15.2. The van der Waals surface area contributed by atoms with Crippen LogP contribution in [0, 0.1) is 24.2 Å². The monoisotopic (exact) mass is 542 g/mol. The number of rotatable bonds is 12. The number of carbonyl (C=O) groups is 1. The Labute approximate surface area is 232 Å². The van der Waals surface area contributed by atoms with E-state index in [1.54, 1.807) is 9.47 Å². The van der Waals surface area contributed by atoms with Gasteiger partial charge in [0, 0.05) is 31.7 Å². The molecule has 1 aromatic heterocycles. The maximum atomic E-state index is 13.4. The molecule has 37 heavy (non-hydrogen) atoms. The number of hydrogen-bond acceptors (Lipinski definition) is 6. The smallest absolute Gasteiger partial charge is 0.270 e. The van der Waals surface area contributed by atoms with E-state index in [1.165, 1.54) is 37.4 Å². The lowest BCUT2D eigenvalue weighted by Gasteiger charge is -2.36. The Morgan fingerprint density at radius 2 is 1.78 bits per heavy atom. The molecule has 1 amide bonds. The predicted molar refractivity (Wildman–Crippen MR) is 159 cm³/mol. The Morgan fingerprint density at radius 3 is 2.46 bits per heavy atom. The summed E-state index contributed by atoms with van der Waals surface area (Å²) in [5.74, 6) is 1.30. The van der Waals surface area contributed by atoms with Gasteiger partial charge in [-0.25, -0.2) is 0 Å². The van der Waals surface area contributed by atoms with Gasteiger partial charge in [0.15, 0.2) is 0 Å². The predicted octanol–water partition coefficient (Wildman–Crippen LogP) is 6.63. The number of piperidine rings is 1. The van der Waals surface area contributed by atoms with Gasteiger partial charge in [0.2, 0.25) is 0 Å². The summed E-state index contributed by atoms with van der Waals surface area (Å²) in [6, 6.07) is 2.15. The summed E-state index contributed by atoms with van der Waals surface area (Å²) in [6.07, 6.45) is 12.9. The molecule has 0 spiro atoms. The molecule has 1 aromatic rings. The number of aromatic nitrogens is 1. The Balaban J connectivity index is 1.99. The van der Waals surface area contributed by atoms with E-state index in [9.17, 15) is 14.9 Å². The molecule has 3 rings (SSSR count). The van der Waals surface area contributed by atoms with Crippen molar-refractivity contribution in [3.63, 3.8) is 0 Å². The van der Waals surface area contributed by atoms with Crippen LogP contribution in [0.2, 0.25) is 0 Å². The summed E-state index contributed by atoms with van der Waals surface area (Å²) in [5.41, 5.74) is 1.39. The molecule has 1 unspecified atom stereocenters. The van der Waals surface area contributed by atoms with Crippen molar-refractivity contribution in [2.45, 2.75) is 98.4 Å². The van der Waals surface area contributed by atoms with E-state index in [1.807, 2.05) is 13.0 Å². The van der Waals surface area contributed by atoms with Crippen LogP contribution in [0.5, 0.6) is 0 Å². The number of pyridine rings is 1. The first-order chi connectivity index (χ1) is 17.8. The molecule has 0 bridgehead atoms. The fraction of sp³-hybridized carbons (Fsp3) is 0.655. The van der Waals surface area contributed by atoms with Crippen LogP contribution >= 0.6 is 24.0 Å². The maximum absolute atomic E-state index is 13.4. The van der Waals surface area contributed by atoms with Gasteiger partial charge < -0.3 is 4.90 Å². The van der Waals surface area contributed by atoms with E-state index in [4.69, 9.17) is 12.2 Å². The number of nitrogens with zero attached hydrogens (tertiary/aromatic N) is 4. The molecule has 3 heterocycles. The summed E-state index contributed by atoms with van der Waals surface area (Å²) in [7, 11) is 0. The molecule has 0 aliphatic carbocycles. The molecule has 1 atom stereocenters. The van der Waals surface area contributed by atoms with Gasteiger partial charge >= 0.3 is 0 Å². The summed E-state index contributed by atoms with van der Waals surface area (Å²) < 4.78 is 2.38. The van der Waals surface area contributed by atoms with Crippen LogP contribution in [0.4, 0.5) is 5.82 Å².